The lowest BCUT2D eigenvalue weighted by molar-refractivity contribution is -0.170. The summed E-state index contributed by atoms with van der Waals surface area (Å²) in [5.41, 5.74) is 3.10. The maximum atomic E-state index is 13.6. The number of allylic oxidation sites excluding steroid dienone is 1. The minimum Gasteiger partial charge on any atom is -0.339 e. The number of carbonyl (C=O) groups excluding carboxylic acids is 2. The van der Waals surface area contributed by atoms with Gasteiger partial charge < -0.3 is 9.64 Å². The van der Waals surface area contributed by atoms with Crippen LogP contribution in [0.25, 0.3) is 0 Å². The fraction of sp³-hybridized carbons (Fsp3) is 0.857. The molecule has 4 fully saturated rings. The van der Waals surface area contributed by atoms with E-state index in [4.69, 9.17) is 0 Å². The van der Waals surface area contributed by atoms with Gasteiger partial charge in [0.2, 0.25) is 5.91 Å². The average Bonchev–Trinajstić information content (AvgIpc) is 3.50. The summed E-state index contributed by atoms with van der Waals surface area (Å²) in [7, 11) is 0. The predicted molar refractivity (Wildman–Crippen MR) is 135 cm³/mol. The summed E-state index contributed by atoms with van der Waals surface area (Å²) in [6.45, 7) is 1.11. The molecule has 1 saturated heterocycles. The molecule has 5 rings (SSSR count). The molecule has 5 aliphatic rings. The number of hydrogen-bond donors (Lipinski definition) is 1. The van der Waals surface area contributed by atoms with E-state index in [0.29, 0.717) is 36.4 Å². The number of nitrogens with one attached hydrogen (secondary N) is 1. The van der Waals surface area contributed by atoms with Crippen molar-refractivity contribution in [3.05, 3.63) is 12.2 Å². The number of hydrogen-bond acceptors (Lipinski definition) is 6. The standard InChI is InChI=1S/C28H42F2N4O3/c1-17-13-21-16-34(26(35)12-7-18-5-9-22(10-6-18)37-28(29)30)15-20(21)3-2-4-23(17)27(36)19-8-11-24-25(14-19)32-33-31-24/h7,12,17-25,28H,2-6,8-11,13-16H2,1H3,(H,31,32). The third kappa shape index (κ3) is 6.40. The molecule has 37 heavy (non-hydrogen) atoms. The lowest BCUT2D eigenvalue weighted by Crippen LogP contribution is -2.42. The molecule has 9 heteroatoms. The minimum atomic E-state index is -2.71. The molecule has 0 aromatic carbocycles. The summed E-state index contributed by atoms with van der Waals surface area (Å²) in [4.78, 5) is 28.6. The molecule has 206 valence electrons. The number of likely N-dealkylation sites (tertiary alicyclic amines) is 1. The summed E-state index contributed by atoms with van der Waals surface area (Å²) in [6.07, 6.45) is 12.9. The van der Waals surface area contributed by atoms with Gasteiger partial charge in [-0.05, 0) is 94.0 Å². The number of alkyl halides is 2. The van der Waals surface area contributed by atoms with Gasteiger partial charge in [-0.3, -0.25) is 15.0 Å². The van der Waals surface area contributed by atoms with Gasteiger partial charge in [0.15, 0.2) is 0 Å². The van der Waals surface area contributed by atoms with E-state index in [1.54, 1.807) is 6.08 Å². The Hall–Kier alpha value is -1.90. The number of ketones is 1. The summed E-state index contributed by atoms with van der Waals surface area (Å²) >= 11 is 0. The monoisotopic (exact) mass is 520 g/mol. The van der Waals surface area contributed by atoms with Crippen molar-refractivity contribution < 1.29 is 23.1 Å². The predicted octanol–water partition coefficient (Wildman–Crippen LogP) is 5.32. The fourth-order valence-electron chi connectivity index (χ4n) is 7.72. The number of halogens is 2. The second-order valence-corrected chi connectivity index (χ2v) is 12.2. The topological polar surface area (TPSA) is 83.4 Å². The Kier molecular flexibility index (Phi) is 8.57. The Morgan fingerprint density at radius 3 is 2.57 bits per heavy atom. The van der Waals surface area contributed by atoms with E-state index >= 15 is 0 Å². The highest BCUT2D eigenvalue weighted by atomic mass is 19.3. The average molecular weight is 521 g/mol. The molecule has 0 bridgehead atoms. The van der Waals surface area contributed by atoms with Crippen LogP contribution in [0.4, 0.5) is 8.78 Å². The van der Waals surface area contributed by atoms with Gasteiger partial charge in [-0.15, -0.1) is 0 Å². The van der Waals surface area contributed by atoms with Crippen LogP contribution in [0.2, 0.25) is 0 Å². The van der Waals surface area contributed by atoms with Crippen LogP contribution >= 0.6 is 0 Å². The lowest BCUT2D eigenvalue weighted by atomic mass is 9.69. The Morgan fingerprint density at radius 1 is 1.00 bits per heavy atom. The normalized spacial score (nSPS) is 40.2. The third-order valence-electron chi connectivity index (χ3n) is 9.88. The molecule has 2 heterocycles. The second kappa shape index (κ2) is 11.9. The van der Waals surface area contributed by atoms with E-state index in [1.807, 2.05) is 11.0 Å². The highest BCUT2D eigenvalue weighted by molar-refractivity contribution is 5.88. The maximum absolute atomic E-state index is 13.6. The molecule has 0 spiro atoms. The molecule has 2 aliphatic heterocycles. The van der Waals surface area contributed by atoms with Gasteiger partial charge in [-0.25, -0.2) is 0 Å². The molecule has 7 unspecified atom stereocenters. The van der Waals surface area contributed by atoms with Crippen LogP contribution in [0, 0.1) is 35.5 Å². The van der Waals surface area contributed by atoms with Gasteiger partial charge in [-0.2, -0.15) is 13.9 Å². The summed E-state index contributed by atoms with van der Waals surface area (Å²) in [5, 5.41) is 8.23. The van der Waals surface area contributed by atoms with Gasteiger partial charge in [0, 0.05) is 24.9 Å². The van der Waals surface area contributed by atoms with Gasteiger partial charge >= 0.3 is 6.61 Å². The van der Waals surface area contributed by atoms with Crippen LogP contribution in [-0.4, -0.2) is 54.5 Å². The SMILES string of the molecule is CC1CC2CN(C(=O)C=CC3CCC(OC(F)F)CC3)CC2CCCC1C(=O)C1CCC2N=NNC2C1. The fourth-order valence-corrected chi connectivity index (χ4v) is 7.72. The molecule has 7 atom stereocenters. The first-order chi connectivity index (χ1) is 17.9. The molecule has 0 aromatic rings. The summed E-state index contributed by atoms with van der Waals surface area (Å²) in [5.74, 6) is 2.29. The molecule has 1 N–H and O–H groups in total. The highest BCUT2D eigenvalue weighted by Gasteiger charge is 2.42. The number of ether oxygens (including phenoxy) is 1. The van der Waals surface area contributed by atoms with E-state index in [1.165, 1.54) is 0 Å². The van der Waals surface area contributed by atoms with Crippen molar-refractivity contribution in [3.63, 3.8) is 0 Å². The van der Waals surface area contributed by atoms with Crippen LogP contribution in [0.15, 0.2) is 22.5 Å². The van der Waals surface area contributed by atoms with Crippen LogP contribution in [-0.2, 0) is 14.3 Å². The molecular weight excluding hydrogens is 478 g/mol. The third-order valence-corrected chi connectivity index (χ3v) is 9.88. The van der Waals surface area contributed by atoms with E-state index in [2.05, 4.69) is 27.4 Å². The zero-order valence-corrected chi connectivity index (χ0v) is 21.9. The van der Waals surface area contributed by atoms with Gasteiger partial charge in [0.05, 0.1) is 18.2 Å². The van der Waals surface area contributed by atoms with Gasteiger partial charge in [0.1, 0.15) is 5.78 Å². The van der Waals surface area contributed by atoms with Crippen LogP contribution in [0.1, 0.15) is 77.6 Å². The van der Waals surface area contributed by atoms with Crippen molar-refractivity contribution in [2.24, 2.45) is 45.8 Å². The number of fused-ring (bicyclic) bond motifs is 2. The Bertz CT molecular complexity index is 875. The van der Waals surface area contributed by atoms with Crippen molar-refractivity contribution in [2.45, 2.75) is 102 Å². The van der Waals surface area contributed by atoms with Crippen molar-refractivity contribution in [1.29, 1.82) is 0 Å². The van der Waals surface area contributed by atoms with Crippen molar-refractivity contribution in [3.8, 4) is 0 Å². The number of Topliss-reactive ketones (excluding diaryl/α,β-unsaturated/α-hetero) is 1. The van der Waals surface area contributed by atoms with Gasteiger partial charge in [0.25, 0.3) is 0 Å². The quantitative estimate of drug-likeness (QED) is 0.481. The zero-order chi connectivity index (χ0) is 25.9. The maximum Gasteiger partial charge on any atom is 0.345 e. The molecule has 1 amide bonds. The highest BCUT2D eigenvalue weighted by Crippen LogP contribution is 2.41. The zero-order valence-electron chi connectivity index (χ0n) is 21.9. The Morgan fingerprint density at radius 2 is 1.78 bits per heavy atom. The van der Waals surface area contributed by atoms with Crippen molar-refractivity contribution in [2.75, 3.05) is 13.1 Å². The van der Waals surface area contributed by atoms with E-state index < -0.39 is 6.61 Å². The number of nitrogens with zero attached hydrogens (tertiary/aromatic N) is 3. The molecule has 3 saturated carbocycles. The lowest BCUT2D eigenvalue weighted by Gasteiger charge is -2.35. The number of carbonyl (C=O) groups is 2. The van der Waals surface area contributed by atoms with Crippen molar-refractivity contribution >= 4 is 11.7 Å². The van der Waals surface area contributed by atoms with Crippen LogP contribution < -0.4 is 5.43 Å². The van der Waals surface area contributed by atoms with E-state index in [9.17, 15) is 18.4 Å². The number of rotatable bonds is 6. The molecule has 0 radical (unpaired) electrons. The first-order valence-corrected chi connectivity index (χ1v) is 14.5. The largest absolute Gasteiger partial charge is 0.345 e. The molecular formula is C28H42F2N4O3. The molecule has 0 aromatic heterocycles. The van der Waals surface area contributed by atoms with E-state index in [0.717, 1.165) is 70.9 Å². The first-order valence-electron chi connectivity index (χ1n) is 14.5. The minimum absolute atomic E-state index is 0.0645. The Labute approximate surface area is 218 Å². The first kappa shape index (κ1) is 26.7. The van der Waals surface area contributed by atoms with Crippen LogP contribution in [0.3, 0.4) is 0 Å². The smallest absolute Gasteiger partial charge is 0.339 e. The summed E-state index contributed by atoms with van der Waals surface area (Å²) in [6, 6.07) is 0.463. The van der Waals surface area contributed by atoms with E-state index in [-0.39, 0.29) is 41.8 Å². The van der Waals surface area contributed by atoms with Crippen molar-refractivity contribution in [1.82, 2.24) is 10.3 Å². The summed E-state index contributed by atoms with van der Waals surface area (Å²) < 4.78 is 29.5. The number of amides is 1. The molecule has 7 nitrogen and oxygen atoms in total. The van der Waals surface area contributed by atoms with Gasteiger partial charge in [-0.1, -0.05) is 24.6 Å². The second-order valence-electron chi connectivity index (χ2n) is 12.2. The Balaban J connectivity index is 1.11. The van der Waals surface area contributed by atoms with Crippen LogP contribution in [0.5, 0.6) is 0 Å². The molecule has 3 aliphatic carbocycles.